The summed E-state index contributed by atoms with van der Waals surface area (Å²) in [6, 6.07) is 4.16. The Morgan fingerprint density at radius 3 is 2.38 bits per heavy atom. The number of hydrogen-bond acceptors (Lipinski definition) is 4. The van der Waals surface area contributed by atoms with Gasteiger partial charge in [-0.15, -0.1) is 11.3 Å². The van der Waals surface area contributed by atoms with Crippen LogP contribution in [0.5, 0.6) is 0 Å². The summed E-state index contributed by atoms with van der Waals surface area (Å²) >= 11 is 1.62. The number of benzene rings is 1. The number of aromatic nitrogens is 1. The van der Waals surface area contributed by atoms with Gasteiger partial charge in [-0.05, 0) is 31.2 Å². The molecule has 2 aromatic rings. The highest BCUT2D eigenvalue weighted by Crippen LogP contribution is 2.29. The van der Waals surface area contributed by atoms with E-state index in [0.717, 1.165) is 42.5 Å². The van der Waals surface area contributed by atoms with Crippen molar-refractivity contribution in [3.8, 4) is 0 Å². The lowest BCUT2D eigenvalue weighted by Crippen LogP contribution is -2.49. The van der Waals surface area contributed by atoms with Crippen LogP contribution in [0.15, 0.2) is 29.6 Å². The number of nitrogens with zero attached hydrogens (tertiary/aromatic N) is 3. The molecule has 1 aliphatic heterocycles. The van der Waals surface area contributed by atoms with Crippen molar-refractivity contribution in [1.29, 1.82) is 0 Å². The molecule has 1 aliphatic rings. The summed E-state index contributed by atoms with van der Waals surface area (Å²) in [4.78, 5) is 20.6. The maximum Gasteiger partial charge on any atom is 0.416 e. The first-order chi connectivity index (χ1) is 12.3. The van der Waals surface area contributed by atoms with E-state index >= 15 is 0 Å². The number of piperazine rings is 1. The van der Waals surface area contributed by atoms with Gasteiger partial charge < -0.3 is 10.2 Å². The second-order valence-corrected chi connectivity index (χ2v) is 7.19. The predicted molar refractivity (Wildman–Crippen MR) is 94.2 cm³/mol. The normalized spacial score (nSPS) is 15.9. The van der Waals surface area contributed by atoms with Gasteiger partial charge in [-0.3, -0.25) is 4.90 Å². The number of thiazole rings is 1. The molecule has 140 valence electrons. The fourth-order valence-electron chi connectivity index (χ4n) is 2.76. The average molecular weight is 384 g/mol. The molecular formula is C17H19F3N4OS. The Morgan fingerprint density at radius 1 is 1.19 bits per heavy atom. The number of carbonyl (C=O) groups is 1. The monoisotopic (exact) mass is 384 g/mol. The Labute approximate surface area is 153 Å². The van der Waals surface area contributed by atoms with Gasteiger partial charge in [0.1, 0.15) is 0 Å². The first-order valence-corrected chi connectivity index (χ1v) is 9.06. The summed E-state index contributed by atoms with van der Waals surface area (Å²) in [5.74, 6) is 0. The number of rotatable bonds is 3. The molecule has 0 radical (unpaired) electrons. The van der Waals surface area contributed by atoms with Gasteiger partial charge in [-0.2, -0.15) is 13.2 Å². The third-order valence-corrected chi connectivity index (χ3v) is 5.00. The zero-order valence-electron chi connectivity index (χ0n) is 14.2. The van der Waals surface area contributed by atoms with E-state index in [1.54, 1.807) is 16.2 Å². The molecule has 0 spiro atoms. The van der Waals surface area contributed by atoms with Crippen LogP contribution in [0.25, 0.3) is 0 Å². The largest absolute Gasteiger partial charge is 0.416 e. The Kier molecular flexibility index (Phi) is 5.47. The standard InChI is InChI=1S/C17H19F3N4OS/c1-12-21-15(11-26-12)10-23-6-8-24(9-7-23)16(25)22-14-4-2-13(3-5-14)17(18,19)20/h2-5,11H,6-10H2,1H3,(H,22,25). The second-order valence-electron chi connectivity index (χ2n) is 6.13. The summed E-state index contributed by atoms with van der Waals surface area (Å²) < 4.78 is 37.7. The van der Waals surface area contributed by atoms with Crippen molar-refractivity contribution < 1.29 is 18.0 Å². The summed E-state index contributed by atoms with van der Waals surface area (Å²) in [6.07, 6.45) is -4.38. The van der Waals surface area contributed by atoms with Crippen molar-refractivity contribution in [3.63, 3.8) is 0 Å². The first-order valence-electron chi connectivity index (χ1n) is 8.18. The van der Waals surface area contributed by atoms with Gasteiger partial charge in [-0.1, -0.05) is 0 Å². The Hall–Kier alpha value is -2.13. The summed E-state index contributed by atoms with van der Waals surface area (Å²) in [5, 5.41) is 5.73. The van der Waals surface area contributed by atoms with Crippen LogP contribution in [0.3, 0.4) is 0 Å². The molecule has 5 nitrogen and oxygen atoms in total. The van der Waals surface area contributed by atoms with Gasteiger partial charge in [0.05, 0.1) is 16.3 Å². The van der Waals surface area contributed by atoms with Crippen LogP contribution in [0.1, 0.15) is 16.3 Å². The molecule has 0 saturated carbocycles. The van der Waals surface area contributed by atoms with E-state index in [9.17, 15) is 18.0 Å². The molecular weight excluding hydrogens is 365 g/mol. The number of carbonyl (C=O) groups excluding carboxylic acids is 1. The molecule has 0 unspecified atom stereocenters. The maximum atomic E-state index is 12.6. The van der Waals surface area contributed by atoms with Crippen LogP contribution in [0, 0.1) is 6.92 Å². The van der Waals surface area contributed by atoms with Gasteiger partial charge in [-0.25, -0.2) is 9.78 Å². The van der Waals surface area contributed by atoms with Crippen molar-refractivity contribution in [3.05, 3.63) is 45.9 Å². The topological polar surface area (TPSA) is 48.5 Å². The smallest absolute Gasteiger partial charge is 0.322 e. The minimum atomic E-state index is -4.38. The molecule has 0 bridgehead atoms. The lowest BCUT2D eigenvalue weighted by molar-refractivity contribution is -0.137. The zero-order chi connectivity index (χ0) is 18.7. The molecule has 2 amide bonds. The quantitative estimate of drug-likeness (QED) is 0.875. The van der Waals surface area contributed by atoms with Crippen molar-refractivity contribution in [1.82, 2.24) is 14.8 Å². The van der Waals surface area contributed by atoms with E-state index in [4.69, 9.17) is 0 Å². The minimum Gasteiger partial charge on any atom is -0.322 e. The van der Waals surface area contributed by atoms with E-state index in [-0.39, 0.29) is 6.03 Å². The van der Waals surface area contributed by atoms with Gasteiger partial charge in [0, 0.05) is 43.8 Å². The third-order valence-electron chi connectivity index (χ3n) is 4.18. The van der Waals surface area contributed by atoms with Gasteiger partial charge in [0.2, 0.25) is 0 Å². The molecule has 1 fully saturated rings. The molecule has 26 heavy (non-hydrogen) atoms. The number of alkyl halides is 3. The average Bonchev–Trinajstić information content (AvgIpc) is 3.00. The summed E-state index contributed by atoms with van der Waals surface area (Å²) in [5.41, 5.74) is 0.653. The number of halogens is 3. The molecule has 3 rings (SSSR count). The van der Waals surface area contributed by atoms with E-state index in [0.29, 0.717) is 18.8 Å². The van der Waals surface area contributed by atoms with Crippen LogP contribution < -0.4 is 5.32 Å². The molecule has 1 aromatic heterocycles. The van der Waals surface area contributed by atoms with Gasteiger partial charge in [0.15, 0.2) is 0 Å². The number of anilines is 1. The minimum absolute atomic E-state index is 0.297. The zero-order valence-corrected chi connectivity index (χ0v) is 15.0. The Morgan fingerprint density at radius 2 is 1.85 bits per heavy atom. The Bertz CT molecular complexity index is 752. The van der Waals surface area contributed by atoms with Crippen molar-refractivity contribution >= 4 is 23.1 Å². The third kappa shape index (κ3) is 4.73. The fourth-order valence-corrected chi connectivity index (χ4v) is 3.37. The van der Waals surface area contributed by atoms with Crippen molar-refractivity contribution in [2.45, 2.75) is 19.6 Å². The summed E-state index contributed by atoms with van der Waals surface area (Å²) in [6.45, 7) is 5.33. The van der Waals surface area contributed by atoms with Crippen LogP contribution in [0.4, 0.5) is 23.7 Å². The van der Waals surface area contributed by atoms with Crippen LogP contribution in [0.2, 0.25) is 0 Å². The van der Waals surface area contributed by atoms with Crippen LogP contribution in [-0.4, -0.2) is 47.0 Å². The van der Waals surface area contributed by atoms with E-state index in [2.05, 4.69) is 15.2 Å². The first kappa shape index (κ1) is 18.7. The molecule has 0 atom stereocenters. The lowest BCUT2D eigenvalue weighted by Gasteiger charge is -2.34. The Balaban J connectivity index is 1.49. The number of amides is 2. The predicted octanol–water partition coefficient (Wildman–Crippen LogP) is 3.82. The highest BCUT2D eigenvalue weighted by Gasteiger charge is 2.30. The maximum absolute atomic E-state index is 12.6. The molecule has 1 aromatic carbocycles. The molecule has 1 saturated heterocycles. The molecule has 2 heterocycles. The van der Waals surface area contributed by atoms with Gasteiger partial charge >= 0.3 is 12.2 Å². The van der Waals surface area contributed by atoms with Crippen molar-refractivity contribution in [2.75, 3.05) is 31.5 Å². The lowest BCUT2D eigenvalue weighted by atomic mass is 10.2. The number of nitrogens with one attached hydrogen (secondary N) is 1. The summed E-state index contributed by atoms with van der Waals surface area (Å²) in [7, 11) is 0. The van der Waals surface area contributed by atoms with Crippen molar-refractivity contribution in [2.24, 2.45) is 0 Å². The highest BCUT2D eigenvalue weighted by atomic mass is 32.1. The molecule has 0 aliphatic carbocycles. The second kappa shape index (κ2) is 7.63. The number of hydrogen-bond donors (Lipinski definition) is 1. The van der Waals surface area contributed by atoms with Gasteiger partial charge in [0.25, 0.3) is 0 Å². The SMILES string of the molecule is Cc1nc(CN2CCN(C(=O)Nc3ccc(C(F)(F)F)cc3)CC2)cs1. The van der Waals surface area contributed by atoms with Crippen LogP contribution in [-0.2, 0) is 12.7 Å². The van der Waals surface area contributed by atoms with E-state index in [1.807, 2.05) is 12.3 Å². The number of aryl methyl sites for hydroxylation is 1. The fraction of sp³-hybridized carbons (Fsp3) is 0.412. The van der Waals surface area contributed by atoms with Crippen LogP contribution >= 0.6 is 11.3 Å². The highest BCUT2D eigenvalue weighted by molar-refractivity contribution is 7.09. The van der Waals surface area contributed by atoms with E-state index < -0.39 is 11.7 Å². The van der Waals surface area contributed by atoms with E-state index in [1.165, 1.54) is 12.1 Å². The molecule has 1 N–H and O–H groups in total. The number of urea groups is 1. The molecule has 9 heteroatoms.